The van der Waals surface area contributed by atoms with Crippen molar-refractivity contribution < 1.29 is 14.3 Å². The zero-order valence-electron chi connectivity index (χ0n) is 16.3. The molecule has 2 aromatic carbocycles. The van der Waals surface area contributed by atoms with Crippen LogP contribution in [0.3, 0.4) is 0 Å². The van der Waals surface area contributed by atoms with Crippen molar-refractivity contribution >= 4 is 18.0 Å². The van der Waals surface area contributed by atoms with Gasteiger partial charge in [-0.25, -0.2) is 4.79 Å². The van der Waals surface area contributed by atoms with E-state index in [1.807, 2.05) is 60.7 Å². The Hall–Kier alpha value is -3.35. The first-order chi connectivity index (χ1) is 14.1. The molecule has 0 unspecified atom stereocenters. The molecule has 4 rings (SSSR count). The molecule has 0 atom stereocenters. The number of nitrogens with zero attached hydrogens (tertiary/aromatic N) is 2. The number of hydrogen-bond donors (Lipinski definition) is 2. The second-order valence-electron chi connectivity index (χ2n) is 7.32. The van der Waals surface area contributed by atoms with E-state index in [1.165, 1.54) is 7.11 Å². The summed E-state index contributed by atoms with van der Waals surface area (Å²) in [7, 11) is 1.37. The smallest absolute Gasteiger partial charge is 0.409 e. The number of nitrogens with one attached hydrogen (secondary N) is 2. The Balaban J connectivity index is 1.67. The Morgan fingerprint density at radius 2 is 1.55 bits per heavy atom. The molecule has 0 spiro atoms. The van der Waals surface area contributed by atoms with Crippen LogP contribution in [0.4, 0.5) is 4.79 Å². The number of piperidine rings is 1. The number of amides is 2. The first kappa shape index (κ1) is 19.0. The van der Waals surface area contributed by atoms with E-state index in [-0.39, 0.29) is 24.0 Å². The Morgan fingerprint density at radius 1 is 1.03 bits per heavy atom. The van der Waals surface area contributed by atoms with Crippen LogP contribution in [-0.2, 0) is 15.1 Å². The van der Waals surface area contributed by atoms with Crippen molar-refractivity contribution in [3.05, 3.63) is 71.8 Å². The van der Waals surface area contributed by atoms with Gasteiger partial charge in [-0.1, -0.05) is 60.7 Å². The first-order valence-electron chi connectivity index (χ1n) is 9.72. The normalized spacial score (nSPS) is 19.2. The molecule has 2 N–H and O–H groups in total. The van der Waals surface area contributed by atoms with Gasteiger partial charge in [-0.3, -0.25) is 15.1 Å². The second-order valence-corrected chi connectivity index (χ2v) is 7.32. The standard InChI is InChI=1S/C22H24N4O3/c1-29-21(28)25-14-12-18(13-15-25)26-19(27)22(24-20(26)23,16-8-4-2-5-9-16)17-10-6-3-7-11-17/h2-11,18H,12-15H2,1H3,(H2,23,24). The highest BCUT2D eigenvalue weighted by molar-refractivity contribution is 6.10. The van der Waals surface area contributed by atoms with Gasteiger partial charge in [0.15, 0.2) is 11.5 Å². The number of carbonyl (C=O) groups is 2. The van der Waals surface area contributed by atoms with Crippen molar-refractivity contribution in [3.8, 4) is 0 Å². The van der Waals surface area contributed by atoms with Gasteiger partial charge in [0.2, 0.25) is 0 Å². The Morgan fingerprint density at radius 3 is 2.03 bits per heavy atom. The van der Waals surface area contributed by atoms with Gasteiger partial charge < -0.3 is 15.0 Å². The zero-order valence-corrected chi connectivity index (χ0v) is 16.3. The van der Waals surface area contributed by atoms with Gasteiger partial charge in [0.25, 0.3) is 5.91 Å². The highest BCUT2D eigenvalue weighted by Crippen LogP contribution is 2.37. The van der Waals surface area contributed by atoms with E-state index in [0.29, 0.717) is 25.9 Å². The molecular formula is C22H24N4O3. The molecule has 2 aliphatic heterocycles. The summed E-state index contributed by atoms with van der Waals surface area (Å²) in [5, 5.41) is 11.8. The van der Waals surface area contributed by atoms with Crippen molar-refractivity contribution in [2.75, 3.05) is 20.2 Å². The first-order valence-corrected chi connectivity index (χ1v) is 9.72. The Labute approximate surface area is 169 Å². The number of methoxy groups -OCH3 is 1. The largest absolute Gasteiger partial charge is 0.453 e. The molecule has 0 bridgehead atoms. The third kappa shape index (κ3) is 3.12. The van der Waals surface area contributed by atoms with Crippen LogP contribution in [0.5, 0.6) is 0 Å². The quantitative estimate of drug-likeness (QED) is 0.841. The maximum atomic E-state index is 13.8. The van der Waals surface area contributed by atoms with E-state index < -0.39 is 5.54 Å². The summed E-state index contributed by atoms with van der Waals surface area (Å²) < 4.78 is 4.79. The van der Waals surface area contributed by atoms with Gasteiger partial charge in [-0.15, -0.1) is 0 Å². The van der Waals surface area contributed by atoms with E-state index >= 15 is 0 Å². The maximum Gasteiger partial charge on any atom is 0.409 e. The van der Waals surface area contributed by atoms with E-state index in [2.05, 4.69) is 5.32 Å². The fraction of sp³-hybridized carbons (Fsp3) is 0.318. The molecule has 29 heavy (non-hydrogen) atoms. The fourth-order valence-corrected chi connectivity index (χ4v) is 4.29. The second kappa shape index (κ2) is 7.58. The number of hydrogen-bond acceptors (Lipinski definition) is 4. The predicted molar refractivity (Wildman–Crippen MR) is 108 cm³/mol. The van der Waals surface area contributed by atoms with Gasteiger partial charge in [-0.05, 0) is 24.0 Å². The minimum Gasteiger partial charge on any atom is -0.453 e. The van der Waals surface area contributed by atoms with E-state index in [9.17, 15) is 9.59 Å². The van der Waals surface area contributed by atoms with Crippen LogP contribution in [0.1, 0.15) is 24.0 Å². The summed E-state index contributed by atoms with van der Waals surface area (Å²) in [4.78, 5) is 28.8. The zero-order chi connectivity index (χ0) is 20.4. The van der Waals surface area contributed by atoms with Gasteiger partial charge >= 0.3 is 6.09 Å². The van der Waals surface area contributed by atoms with E-state index in [0.717, 1.165) is 11.1 Å². The average molecular weight is 392 g/mol. The fourth-order valence-electron chi connectivity index (χ4n) is 4.29. The number of ether oxygens (including phenoxy) is 1. The number of benzene rings is 2. The van der Waals surface area contributed by atoms with E-state index in [1.54, 1.807) is 9.80 Å². The topological polar surface area (TPSA) is 85.7 Å². The third-order valence-electron chi connectivity index (χ3n) is 5.76. The van der Waals surface area contributed by atoms with Gasteiger partial charge in [0, 0.05) is 19.1 Å². The van der Waals surface area contributed by atoms with Gasteiger partial charge in [0.1, 0.15) is 0 Å². The van der Waals surface area contributed by atoms with E-state index in [4.69, 9.17) is 10.1 Å². The molecule has 2 saturated heterocycles. The molecule has 2 aliphatic rings. The van der Waals surface area contributed by atoms with Crippen molar-refractivity contribution in [2.45, 2.75) is 24.4 Å². The summed E-state index contributed by atoms with van der Waals surface area (Å²) in [6, 6.07) is 18.9. The predicted octanol–water partition coefficient (Wildman–Crippen LogP) is 2.53. The maximum absolute atomic E-state index is 13.8. The molecule has 150 valence electrons. The molecule has 2 aromatic rings. The molecule has 2 fully saturated rings. The Kier molecular flexibility index (Phi) is 4.96. The van der Waals surface area contributed by atoms with Gasteiger partial charge in [-0.2, -0.15) is 0 Å². The molecule has 2 heterocycles. The van der Waals surface area contributed by atoms with Crippen LogP contribution < -0.4 is 5.32 Å². The lowest BCUT2D eigenvalue weighted by Gasteiger charge is -2.36. The minimum atomic E-state index is -1.13. The number of likely N-dealkylation sites (tertiary alicyclic amines) is 1. The third-order valence-corrected chi connectivity index (χ3v) is 5.76. The molecule has 7 nitrogen and oxygen atoms in total. The summed E-state index contributed by atoms with van der Waals surface area (Å²) in [5.74, 6) is -0.0596. The lowest BCUT2D eigenvalue weighted by molar-refractivity contribution is -0.132. The molecule has 0 saturated carbocycles. The molecule has 0 radical (unpaired) electrons. The SMILES string of the molecule is COC(=O)N1CCC(N2C(=N)NC(c3ccccc3)(c3ccccc3)C2=O)CC1. The number of carbonyl (C=O) groups excluding carboxylic acids is 2. The molecule has 0 aliphatic carbocycles. The lowest BCUT2D eigenvalue weighted by Crippen LogP contribution is -2.50. The average Bonchev–Trinajstić information content (AvgIpc) is 3.05. The monoisotopic (exact) mass is 392 g/mol. The minimum absolute atomic E-state index is 0.0965. The van der Waals surface area contributed by atoms with Crippen LogP contribution >= 0.6 is 0 Å². The number of guanidine groups is 1. The van der Waals surface area contributed by atoms with Crippen LogP contribution in [0.15, 0.2) is 60.7 Å². The molecule has 7 heteroatoms. The van der Waals surface area contributed by atoms with Crippen LogP contribution in [0.2, 0.25) is 0 Å². The van der Waals surface area contributed by atoms with Crippen molar-refractivity contribution in [1.82, 2.24) is 15.1 Å². The Bertz CT molecular complexity index is 869. The van der Waals surface area contributed by atoms with Crippen LogP contribution in [0.25, 0.3) is 0 Å². The summed E-state index contributed by atoms with van der Waals surface area (Å²) in [6.45, 7) is 0.996. The van der Waals surface area contributed by atoms with Crippen molar-refractivity contribution in [3.63, 3.8) is 0 Å². The lowest BCUT2D eigenvalue weighted by atomic mass is 9.82. The van der Waals surface area contributed by atoms with Gasteiger partial charge in [0.05, 0.1) is 7.11 Å². The molecule has 0 aromatic heterocycles. The summed E-state index contributed by atoms with van der Waals surface area (Å²) in [5.41, 5.74) is 0.477. The van der Waals surface area contributed by atoms with Crippen LogP contribution in [-0.4, -0.2) is 54.0 Å². The molecule has 2 amide bonds. The highest BCUT2D eigenvalue weighted by atomic mass is 16.5. The van der Waals surface area contributed by atoms with Crippen molar-refractivity contribution in [2.24, 2.45) is 0 Å². The number of rotatable bonds is 3. The highest BCUT2D eigenvalue weighted by Gasteiger charge is 2.54. The summed E-state index contributed by atoms with van der Waals surface area (Å²) in [6.07, 6.45) is 0.849. The van der Waals surface area contributed by atoms with Crippen LogP contribution in [0, 0.1) is 5.41 Å². The summed E-state index contributed by atoms with van der Waals surface area (Å²) >= 11 is 0. The van der Waals surface area contributed by atoms with Crippen molar-refractivity contribution in [1.29, 1.82) is 5.41 Å². The molecular weight excluding hydrogens is 368 g/mol.